The molecule has 0 atom stereocenters. The number of carboxylic acids is 1. The molecule has 0 radical (unpaired) electrons. The van der Waals surface area contributed by atoms with Crippen LogP contribution in [0.15, 0.2) is 18.2 Å². The van der Waals surface area contributed by atoms with Crippen molar-refractivity contribution in [3.05, 3.63) is 23.8 Å². The van der Waals surface area contributed by atoms with Crippen LogP contribution in [0.2, 0.25) is 0 Å². The van der Waals surface area contributed by atoms with Gasteiger partial charge in [-0.1, -0.05) is 6.07 Å². The van der Waals surface area contributed by atoms with Crippen molar-refractivity contribution in [2.75, 3.05) is 14.2 Å². The Kier molecular flexibility index (Phi) is 3.83. The van der Waals surface area contributed by atoms with Crippen LogP contribution in [0.1, 0.15) is 29.6 Å². The summed E-state index contributed by atoms with van der Waals surface area (Å²) in [6, 6.07) is 4.96. The zero-order valence-electron chi connectivity index (χ0n) is 11.4. The van der Waals surface area contributed by atoms with Gasteiger partial charge >= 0.3 is 5.97 Å². The molecule has 108 valence electrons. The fourth-order valence-electron chi connectivity index (χ4n) is 2.28. The summed E-state index contributed by atoms with van der Waals surface area (Å²) >= 11 is 0. The molecule has 6 nitrogen and oxygen atoms in total. The third kappa shape index (κ3) is 2.29. The number of hydrogen-bond acceptors (Lipinski definition) is 4. The monoisotopic (exact) mass is 279 g/mol. The highest BCUT2D eigenvalue weighted by Crippen LogP contribution is 2.34. The standard InChI is InChI=1S/C14H17NO5/c1-19-9-5-3-6-10(20-2)11(9)12(16)15-14(13(17)18)7-4-8-14/h3,5-6H,4,7-8H2,1-2H3,(H,15,16)(H,17,18). The van der Waals surface area contributed by atoms with Crippen LogP contribution in [-0.4, -0.2) is 36.7 Å². The average molecular weight is 279 g/mol. The lowest BCUT2D eigenvalue weighted by atomic mass is 9.76. The number of methoxy groups -OCH3 is 2. The van der Waals surface area contributed by atoms with Gasteiger partial charge in [0, 0.05) is 0 Å². The van der Waals surface area contributed by atoms with Gasteiger partial charge < -0.3 is 19.9 Å². The second-order valence-electron chi connectivity index (χ2n) is 4.73. The van der Waals surface area contributed by atoms with Crippen molar-refractivity contribution in [3.63, 3.8) is 0 Å². The van der Waals surface area contributed by atoms with Gasteiger partial charge in [-0.2, -0.15) is 0 Å². The summed E-state index contributed by atoms with van der Waals surface area (Å²) in [5, 5.41) is 11.9. The molecule has 0 aliphatic heterocycles. The summed E-state index contributed by atoms with van der Waals surface area (Å²) in [6.07, 6.45) is 1.66. The predicted molar refractivity (Wildman–Crippen MR) is 71.2 cm³/mol. The third-order valence-electron chi connectivity index (χ3n) is 3.62. The number of nitrogens with one attached hydrogen (secondary N) is 1. The SMILES string of the molecule is COc1cccc(OC)c1C(=O)NC1(C(=O)O)CCC1. The van der Waals surface area contributed by atoms with E-state index >= 15 is 0 Å². The second-order valence-corrected chi connectivity index (χ2v) is 4.73. The highest BCUT2D eigenvalue weighted by molar-refractivity contribution is 6.02. The molecule has 0 aromatic heterocycles. The minimum Gasteiger partial charge on any atom is -0.496 e. The Labute approximate surface area is 116 Å². The van der Waals surface area contributed by atoms with Gasteiger partial charge in [0.2, 0.25) is 0 Å². The van der Waals surface area contributed by atoms with Gasteiger partial charge in [0.25, 0.3) is 5.91 Å². The molecule has 0 unspecified atom stereocenters. The number of carboxylic acid groups (broad SMARTS) is 1. The van der Waals surface area contributed by atoms with Crippen LogP contribution < -0.4 is 14.8 Å². The van der Waals surface area contributed by atoms with Gasteiger partial charge in [0.1, 0.15) is 22.6 Å². The molecule has 0 saturated heterocycles. The van der Waals surface area contributed by atoms with E-state index in [0.717, 1.165) is 6.42 Å². The molecular weight excluding hydrogens is 262 g/mol. The molecule has 1 fully saturated rings. The van der Waals surface area contributed by atoms with Crippen LogP contribution >= 0.6 is 0 Å². The molecule has 1 aromatic rings. The lowest BCUT2D eigenvalue weighted by Gasteiger charge is -2.38. The lowest BCUT2D eigenvalue weighted by Crippen LogP contribution is -2.59. The third-order valence-corrected chi connectivity index (χ3v) is 3.62. The Balaban J connectivity index is 2.31. The van der Waals surface area contributed by atoms with Crippen LogP contribution in [0, 0.1) is 0 Å². The average Bonchev–Trinajstić information content (AvgIpc) is 2.41. The molecule has 1 aromatic carbocycles. The first kappa shape index (κ1) is 14.2. The quantitative estimate of drug-likeness (QED) is 0.852. The lowest BCUT2D eigenvalue weighted by molar-refractivity contribution is -0.148. The number of carbonyl (C=O) groups is 2. The predicted octanol–water partition coefficient (Wildman–Crippen LogP) is 1.44. The molecule has 0 spiro atoms. The Morgan fingerprint density at radius 2 is 1.75 bits per heavy atom. The van der Waals surface area contributed by atoms with Crippen molar-refractivity contribution in [1.29, 1.82) is 0 Å². The maximum absolute atomic E-state index is 12.4. The van der Waals surface area contributed by atoms with Gasteiger partial charge in [-0.25, -0.2) is 4.79 Å². The summed E-state index contributed by atoms with van der Waals surface area (Å²) in [6.45, 7) is 0. The molecule has 6 heteroatoms. The number of benzene rings is 1. The highest BCUT2D eigenvalue weighted by Gasteiger charge is 2.46. The minimum atomic E-state index is -1.16. The van der Waals surface area contributed by atoms with E-state index in [4.69, 9.17) is 9.47 Å². The maximum Gasteiger partial charge on any atom is 0.329 e. The molecule has 0 bridgehead atoms. The number of aliphatic carboxylic acids is 1. The first-order valence-corrected chi connectivity index (χ1v) is 6.31. The summed E-state index contributed by atoms with van der Waals surface area (Å²) in [7, 11) is 2.89. The van der Waals surface area contributed by atoms with E-state index in [1.54, 1.807) is 18.2 Å². The maximum atomic E-state index is 12.4. The molecule has 1 amide bonds. The van der Waals surface area contributed by atoms with Crippen molar-refractivity contribution in [2.45, 2.75) is 24.8 Å². The van der Waals surface area contributed by atoms with Crippen LogP contribution in [0.25, 0.3) is 0 Å². The van der Waals surface area contributed by atoms with Crippen molar-refractivity contribution >= 4 is 11.9 Å². The van der Waals surface area contributed by atoms with E-state index < -0.39 is 17.4 Å². The van der Waals surface area contributed by atoms with Crippen LogP contribution in [0.3, 0.4) is 0 Å². The Morgan fingerprint density at radius 1 is 1.20 bits per heavy atom. The number of hydrogen-bond donors (Lipinski definition) is 2. The molecule has 20 heavy (non-hydrogen) atoms. The molecular formula is C14H17NO5. The number of rotatable bonds is 5. The summed E-state index contributed by atoms with van der Waals surface area (Å²) in [5.74, 6) is -0.809. The van der Waals surface area contributed by atoms with E-state index in [9.17, 15) is 14.7 Å². The van der Waals surface area contributed by atoms with Gasteiger partial charge in [-0.05, 0) is 31.4 Å². The Bertz CT molecular complexity index is 514. The fraction of sp³-hybridized carbons (Fsp3) is 0.429. The van der Waals surface area contributed by atoms with Crippen LogP contribution in [-0.2, 0) is 4.79 Å². The largest absolute Gasteiger partial charge is 0.496 e. The van der Waals surface area contributed by atoms with Crippen LogP contribution in [0.5, 0.6) is 11.5 Å². The molecule has 1 aliphatic rings. The number of amides is 1. The van der Waals surface area contributed by atoms with Crippen molar-refractivity contribution in [2.24, 2.45) is 0 Å². The topological polar surface area (TPSA) is 84.9 Å². The van der Waals surface area contributed by atoms with E-state index in [0.29, 0.717) is 24.3 Å². The van der Waals surface area contributed by atoms with Gasteiger partial charge in [-0.15, -0.1) is 0 Å². The molecule has 2 rings (SSSR count). The van der Waals surface area contributed by atoms with Crippen molar-refractivity contribution in [3.8, 4) is 11.5 Å². The van der Waals surface area contributed by atoms with E-state index in [2.05, 4.69) is 5.32 Å². The Morgan fingerprint density at radius 3 is 2.10 bits per heavy atom. The zero-order chi connectivity index (χ0) is 14.8. The normalized spacial score (nSPS) is 15.9. The second kappa shape index (κ2) is 5.40. The molecule has 2 N–H and O–H groups in total. The summed E-state index contributed by atoms with van der Waals surface area (Å²) in [5.41, 5.74) is -0.951. The van der Waals surface area contributed by atoms with Crippen LogP contribution in [0.4, 0.5) is 0 Å². The van der Waals surface area contributed by atoms with Gasteiger partial charge in [0.05, 0.1) is 14.2 Å². The van der Waals surface area contributed by atoms with Crippen molar-refractivity contribution in [1.82, 2.24) is 5.32 Å². The number of carbonyl (C=O) groups excluding carboxylic acids is 1. The fourth-order valence-corrected chi connectivity index (χ4v) is 2.28. The van der Waals surface area contributed by atoms with E-state index in [1.165, 1.54) is 14.2 Å². The summed E-state index contributed by atoms with van der Waals surface area (Å²) in [4.78, 5) is 23.7. The Hall–Kier alpha value is -2.24. The first-order chi connectivity index (χ1) is 9.54. The smallest absolute Gasteiger partial charge is 0.329 e. The van der Waals surface area contributed by atoms with Gasteiger partial charge in [-0.3, -0.25) is 4.79 Å². The number of ether oxygens (including phenoxy) is 2. The zero-order valence-corrected chi connectivity index (χ0v) is 11.4. The van der Waals surface area contributed by atoms with Gasteiger partial charge in [0.15, 0.2) is 0 Å². The minimum absolute atomic E-state index is 0.213. The highest BCUT2D eigenvalue weighted by atomic mass is 16.5. The molecule has 1 saturated carbocycles. The summed E-state index contributed by atoms with van der Waals surface area (Å²) < 4.78 is 10.3. The first-order valence-electron chi connectivity index (χ1n) is 6.31. The molecule has 0 heterocycles. The van der Waals surface area contributed by atoms with E-state index in [1.807, 2.05) is 0 Å². The van der Waals surface area contributed by atoms with Crippen molar-refractivity contribution < 1.29 is 24.2 Å². The molecule has 1 aliphatic carbocycles. The van der Waals surface area contributed by atoms with E-state index in [-0.39, 0.29) is 5.56 Å².